The summed E-state index contributed by atoms with van der Waals surface area (Å²) in [6.45, 7) is 0. The van der Waals surface area contributed by atoms with Gasteiger partial charge in [-0.3, -0.25) is 4.79 Å². The zero-order chi connectivity index (χ0) is 19.3. The fraction of sp³-hybridized carbons (Fsp3) is 0.182. The molecule has 6 heteroatoms. The second-order valence-corrected chi connectivity index (χ2v) is 7.70. The van der Waals surface area contributed by atoms with Crippen LogP contribution in [0.2, 0.25) is 0 Å². The standard InChI is InChI=1S/C22H21N3O2S/c26-21(19-14-28-20-12-5-4-11-18(19)20)23-16-9-6-10-17(13-16)25-22(27)24-15-7-2-1-3-8-15/h1-3,6-10,13-14H,4-5,11-12H2,(H,23,26)(H2,24,25,27). The molecule has 3 aromatic rings. The number of benzene rings is 2. The first-order chi connectivity index (χ1) is 13.7. The molecule has 0 saturated heterocycles. The molecule has 0 saturated carbocycles. The predicted octanol–water partition coefficient (Wildman–Crippen LogP) is 5.52. The molecule has 0 atom stereocenters. The molecule has 3 N–H and O–H groups in total. The highest BCUT2D eigenvalue weighted by Gasteiger charge is 2.20. The number of rotatable bonds is 4. The van der Waals surface area contributed by atoms with Gasteiger partial charge in [-0.1, -0.05) is 24.3 Å². The lowest BCUT2D eigenvalue weighted by Gasteiger charge is -2.13. The van der Waals surface area contributed by atoms with Crippen molar-refractivity contribution in [3.8, 4) is 0 Å². The van der Waals surface area contributed by atoms with Crippen LogP contribution in [0.5, 0.6) is 0 Å². The quantitative estimate of drug-likeness (QED) is 0.548. The van der Waals surface area contributed by atoms with E-state index in [0.29, 0.717) is 17.1 Å². The van der Waals surface area contributed by atoms with E-state index in [1.165, 1.54) is 16.9 Å². The molecule has 2 aromatic carbocycles. The Kier molecular flexibility index (Phi) is 5.39. The number of thiophene rings is 1. The molecular formula is C22H21N3O2S. The highest BCUT2D eigenvalue weighted by Crippen LogP contribution is 2.30. The number of aryl methyl sites for hydroxylation is 1. The van der Waals surface area contributed by atoms with Crippen LogP contribution in [-0.2, 0) is 12.8 Å². The SMILES string of the molecule is O=C(Nc1ccccc1)Nc1cccc(NC(=O)c2csc3c2CCCC3)c1. The molecule has 142 valence electrons. The first-order valence-corrected chi connectivity index (χ1v) is 10.2. The number of amides is 3. The molecule has 0 aliphatic heterocycles. The smallest absolute Gasteiger partial charge is 0.322 e. The summed E-state index contributed by atoms with van der Waals surface area (Å²) >= 11 is 1.68. The molecular weight excluding hydrogens is 370 g/mol. The maximum absolute atomic E-state index is 12.7. The highest BCUT2D eigenvalue weighted by atomic mass is 32.1. The van der Waals surface area contributed by atoms with Gasteiger partial charge in [0, 0.05) is 27.3 Å². The van der Waals surface area contributed by atoms with Crippen molar-refractivity contribution in [2.24, 2.45) is 0 Å². The van der Waals surface area contributed by atoms with Gasteiger partial charge in [-0.2, -0.15) is 0 Å². The van der Waals surface area contributed by atoms with Crippen LogP contribution in [0, 0.1) is 0 Å². The predicted molar refractivity (Wildman–Crippen MR) is 114 cm³/mol. The average Bonchev–Trinajstić information content (AvgIpc) is 3.13. The number of hydrogen-bond donors (Lipinski definition) is 3. The van der Waals surface area contributed by atoms with Crippen LogP contribution < -0.4 is 16.0 Å². The second-order valence-electron chi connectivity index (χ2n) is 6.74. The summed E-state index contributed by atoms with van der Waals surface area (Å²) in [5.41, 5.74) is 3.95. The van der Waals surface area contributed by atoms with Gasteiger partial charge in [-0.25, -0.2) is 4.79 Å². The van der Waals surface area contributed by atoms with Crippen molar-refractivity contribution in [1.82, 2.24) is 0 Å². The molecule has 0 spiro atoms. The Balaban J connectivity index is 1.41. The number of hydrogen-bond acceptors (Lipinski definition) is 3. The third-order valence-electron chi connectivity index (χ3n) is 4.72. The number of anilines is 3. The molecule has 3 amide bonds. The zero-order valence-corrected chi connectivity index (χ0v) is 16.1. The van der Waals surface area contributed by atoms with Gasteiger partial charge in [-0.05, 0) is 61.6 Å². The van der Waals surface area contributed by atoms with Crippen LogP contribution in [-0.4, -0.2) is 11.9 Å². The van der Waals surface area contributed by atoms with E-state index < -0.39 is 0 Å². The average molecular weight is 391 g/mol. The summed E-state index contributed by atoms with van der Waals surface area (Å²) in [6.07, 6.45) is 4.39. The molecule has 1 heterocycles. The number of urea groups is 1. The molecule has 0 fully saturated rings. The van der Waals surface area contributed by atoms with Crippen LogP contribution >= 0.6 is 11.3 Å². The summed E-state index contributed by atoms with van der Waals surface area (Å²) in [4.78, 5) is 26.2. The molecule has 1 aromatic heterocycles. The Morgan fingerprint density at radius 2 is 1.46 bits per heavy atom. The Labute approximate surface area is 167 Å². The van der Waals surface area contributed by atoms with E-state index in [1.54, 1.807) is 29.5 Å². The van der Waals surface area contributed by atoms with Gasteiger partial charge in [0.05, 0.1) is 5.56 Å². The Hall–Kier alpha value is -3.12. The minimum absolute atomic E-state index is 0.0923. The first kappa shape index (κ1) is 18.3. The fourth-order valence-electron chi connectivity index (χ4n) is 3.37. The number of para-hydroxylation sites is 1. The number of fused-ring (bicyclic) bond motifs is 1. The third kappa shape index (κ3) is 4.23. The minimum atomic E-state index is -0.332. The number of carbonyl (C=O) groups is 2. The van der Waals surface area contributed by atoms with Gasteiger partial charge in [0.2, 0.25) is 0 Å². The summed E-state index contributed by atoms with van der Waals surface area (Å²) in [5.74, 6) is -0.0923. The molecule has 1 aliphatic rings. The van der Waals surface area contributed by atoms with Crippen molar-refractivity contribution in [3.63, 3.8) is 0 Å². The normalized spacial score (nSPS) is 12.7. The van der Waals surface area contributed by atoms with E-state index in [-0.39, 0.29) is 11.9 Å². The van der Waals surface area contributed by atoms with Crippen molar-refractivity contribution in [1.29, 1.82) is 0 Å². The Morgan fingerprint density at radius 1 is 0.786 bits per heavy atom. The van der Waals surface area contributed by atoms with Crippen LogP contribution in [0.25, 0.3) is 0 Å². The minimum Gasteiger partial charge on any atom is -0.322 e. The van der Waals surface area contributed by atoms with Crippen molar-refractivity contribution in [2.75, 3.05) is 16.0 Å². The van der Waals surface area contributed by atoms with E-state index >= 15 is 0 Å². The lowest BCUT2D eigenvalue weighted by molar-refractivity contribution is 0.102. The molecule has 0 bridgehead atoms. The first-order valence-electron chi connectivity index (χ1n) is 9.33. The van der Waals surface area contributed by atoms with E-state index in [4.69, 9.17) is 0 Å². The highest BCUT2D eigenvalue weighted by molar-refractivity contribution is 7.10. The maximum Gasteiger partial charge on any atom is 0.323 e. The molecule has 0 radical (unpaired) electrons. The molecule has 28 heavy (non-hydrogen) atoms. The largest absolute Gasteiger partial charge is 0.323 e. The molecule has 4 rings (SSSR count). The van der Waals surface area contributed by atoms with Crippen LogP contribution in [0.15, 0.2) is 60.0 Å². The molecule has 1 aliphatic carbocycles. The zero-order valence-electron chi connectivity index (χ0n) is 15.3. The number of carbonyl (C=O) groups excluding carboxylic acids is 2. The Morgan fingerprint density at radius 3 is 2.29 bits per heavy atom. The monoisotopic (exact) mass is 391 g/mol. The maximum atomic E-state index is 12.7. The third-order valence-corrected chi connectivity index (χ3v) is 5.80. The summed E-state index contributed by atoms with van der Waals surface area (Å²) in [7, 11) is 0. The second kappa shape index (κ2) is 8.27. The fourth-order valence-corrected chi connectivity index (χ4v) is 4.50. The van der Waals surface area contributed by atoms with Gasteiger partial charge >= 0.3 is 6.03 Å². The van der Waals surface area contributed by atoms with Gasteiger partial charge in [0.25, 0.3) is 5.91 Å². The van der Waals surface area contributed by atoms with E-state index in [2.05, 4.69) is 16.0 Å². The van der Waals surface area contributed by atoms with Crippen molar-refractivity contribution in [2.45, 2.75) is 25.7 Å². The molecule has 5 nitrogen and oxygen atoms in total. The van der Waals surface area contributed by atoms with Gasteiger partial charge in [0.1, 0.15) is 0 Å². The summed E-state index contributed by atoms with van der Waals surface area (Å²) in [5, 5.41) is 10.5. The lowest BCUT2D eigenvalue weighted by atomic mass is 9.95. The van der Waals surface area contributed by atoms with E-state index in [0.717, 1.165) is 24.8 Å². The number of nitrogens with one attached hydrogen (secondary N) is 3. The van der Waals surface area contributed by atoms with Gasteiger partial charge in [-0.15, -0.1) is 11.3 Å². The van der Waals surface area contributed by atoms with Crippen LogP contribution in [0.4, 0.5) is 21.9 Å². The molecule has 0 unspecified atom stereocenters. The summed E-state index contributed by atoms with van der Waals surface area (Å²) in [6, 6.07) is 16.1. The van der Waals surface area contributed by atoms with Crippen molar-refractivity contribution >= 4 is 40.3 Å². The topological polar surface area (TPSA) is 70.2 Å². The van der Waals surface area contributed by atoms with Gasteiger partial charge in [0.15, 0.2) is 0 Å². The Bertz CT molecular complexity index is 998. The van der Waals surface area contributed by atoms with Crippen LogP contribution in [0.3, 0.4) is 0 Å². The van der Waals surface area contributed by atoms with E-state index in [9.17, 15) is 9.59 Å². The summed E-state index contributed by atoms with van der Waals surface area (Å²) < 4.78 is 0. The lowest BCUT2D eigenvalue weighted by Crippen LogP contribution is -2.19. The van der Waals surface area contributed by atoms with Crippen molar-refractivity contribution in [3.05, 3.63) is 76.0 Å². The van der Waals surface area contributed by atoms with Crippen LogP contribution in [0.1, 0.15) is 33.6 Å². The van der Waals surface area contributed by atoms with Crippen molar-refractivity contribution < 1.29 is 9.59 Å². The van der Waals surface area contributed by atoms with Gasteiger partial charge < -0.3 is 16.0 Å². The van der Waals surface area contributed by atoms with E-state index in [1.807, 2.05) is 41.8 Å².